The molecule has 1 saturated carbocycles. The molecule has 0 saturated heterocycles. The van der Waals surface area contributed by atoms with Crippen LogP contribution in [0.25, 0.3) is 0 Å². The molecule has 4 nitrogen and oxygen atoms in total. The smallest absolute Gasteiger partial charge is 0.308 e. The van der Waals surface area contributed by atoms with Crippen molar-refractivity contribution in [3.63, 3.8) is 0 Å². The Hall–Kier alpha value is -0.710. The fourth-order valence-corrected chi connectivity index (χ4v) is 3.21. The first-order valence-electron chi connectivity index (χ1n) is 7.25. The largest absolute Gasteiger partial charge is 0.481 e. The lowest BCUT2D eigenvalue weighted by Crippen LogP contribution is -2.44. The number of thioether (sulfide) groups is 1. The maximum atomic E-state index is 11.8. The molecule has 0 radical (unpaired) electrons. The van der Waals surface area contributed by atoms with Crippen molar-refractivity contribution in [2.75, 3.05) is 11.5 Å². The Morgan fingerprint density at radius 2 is 1.89 bits per heavy atom. The molecule has 110 valence electrons. The van der Waals surface area contributed by atoms with Gasteiger partial charge in [-0.15, -0.1) is 0 Å². The maximum absolute atomic E-state index is 11.8. The number of carboxylic acid groups (broad SMARTS) is 1. The minimum atomic E-state index is -0.770. The highest BCUT2D eigenvalue weighted by Gasteiger charge is 2.29. The second-order valence-corrected chi connectivity index (χ2v) is 6.27. The first-order chi connectivity index (χ1) is 9.15. The maximum Gasteiger partial charge on any atom is 0.308 e. The van der Waals surface area contributed by atoms with Crippen LogP contribution in [0.2, 0.25) is 0 Å². The van der Waals surface area contributed by atoms with Crippen molar-refractivity contribution in [3.05, 3.63) is 0 Å². The zero-order valence-electron chi connectivity index (χ0n) is 11.7. The lowest BCUT2D eigenvalue weighted by atomic mass is 9.87. The number of carbonyl (C=O) groups is 2. The van der Waals surface area contributed by atoms with Gasteiger partial charge >= 0.3 is 5.97 Å². The summed E-state index contributed by atoms with van der Waals surface area (Å²) in [4.78, 5) is 23.1. The lowest BCUT2D eigenvalue weighted by molar-refractivity contribution is -0.143. The molecule has 2 unspecified atom stereocenters. The minimum Gasteiger partial charge on any atom is -0.481 e. The van der Waals surface area contributed by atoms with Crippen molar-refractivity contribution in [3.8, 4) is 0 Å². The van der Waals surface area contributed by atoms with Crippen molar-refractivity contribution in [1.29, 1.82) is 0 Å². The summed E-state index contributed by atoms with van der Waals surface area (Å²) in [6.07, 6.45) is 6.74. The van der Waals surface area contributed by atoms with Crippen LogP contribution in [0.4, 0.5) is 0 Å². The predicted molar refractivity (Wildman–Crippen MR) is 78.4 cm³/mol. The van der Waals surface area contributed by atoms with E-state index in [4.69, 9.17) is 0 Å². The van der Waals surface area contributed by atoms with Gasteiger partial charge in [-0.3, -0.25) is 9.59 Å². The molecule has 1 rings (SSSR count). The van der Waals surface area contributed by atoms with Crippen molar-refractivity contribution in [2.24, 2.45) is 5.92 Å². The predicted octanol–water partition coefficient (Wildman–Crippen LogP) is 2.67. The molecule has 0 aromatic rings. The van der Waals surface area contributed by atoms with Gasteiger partial charge in [0, 0.05) is 6.04 Å². The molecule has 1 aliphatic rings. The number of hydrogen-bond donors (Lipinski definition) is 2. The van der Waals surface area contributed by atoms with Crippen molar-refractivity contribution < 1.29 is 14.7 Å². The Balaban J connectivity index is 2.48. The van der Waals surface area contributed by atoms with Crippen LogP contribution in [-0.2, 0) is 9.59 Å². The van der Waals surface area contributed by atoms with Gasteiger partial charge in [-0.25, -0.2) is 0 Å². The molecular weight excluding hydrogens is 262 g/mol. The summed E-state index contributed by atoms with van der Waals surface area (Å²) >= 11 is 1.61. The summed E-state index contributed by atoms with van der Waals surface area (Å²) in [6.45, 7) is 2.08. The second-order valence-electron chi connectivity index (χ2n) is 5.16. The van der Waals surface area contributed by atoms with Crippen molar-refractivity contribution in [2.45, 2.75) is 57.9 Å². The highest BCUT2D eigenvalue weighted by atomic mass is 32.2. The van der Waals surface area contributed by atoms with E-state index in [0.29, 0.717) is 12.2 Å². The van der Waals surface area contributed by atoms with Gasteiger partial charge in [0.25, 0.3) is 0 Å². The van der Waals surface area contributed by atoms with Crippen LogP contribution in [0, 0.1) is 5.92 Å². The van der Waals surface area contributed by atoms with Gasteiger partial charge in [0.05, 0.1) is 11.7 Å². The summed E-state index contributed by atoms with van der Waals surface area (Å²) in [5, 5.41) is 12.2. The summed E-state index contributed by atoms with van der Waals surface area (Å²) in [5.41, 5.74) is 0. The summed E-state index contributed by atoms with van der Waals surface area (Å²) in [5.74, 6) is 0.209. The Labute approximate surface area is 119 Å². The van der Waals surface area contributed by atoms with E-state index in [1.807, 2.05) is 0 Å². The summed E-state index contributed by atoms with van der Waals surface area (Å²) in [6, 6.07) is -0.187. The molecule has 0 bridgehead atoms. The van der Waals surface area contributed by atoms with Gasteiger partial charge in [-0.05, 0) is 25.0 Å². The van der Waals surface area contributed by atoms with E-state index in [-0.39, 0.29) is 11.9 Å². The molecule has 0 heterocycles. The Bertz CT molecular complexity index is 296. The van der Waals surface area contributed by atoms with Crippen molar-refractivity contribution >= 4 is 23.6 Å². The van der Waals surface area contributed by atoms with Gasteiger partial charge in [0.2, 0.25) is 5.91 Å². The molecule has 0 aliphatic heterocycles. The zero-order chi connectivity index (χ0) is 14.1. The normalized spacial score (nSPS) is 24.3. The number of rotatable bonds is 6. The van der Waals surface area contributed by atoms with E-state index in [1.165, 1.54) is 0 Å². The van der Waals surface area contributed by atoms with E-state index in [0.717, 1.165) is 44.3 Å². The average Bonchev–Trinajstić information content (AvgIpc) is 2.32. The summed E-state index contributed by atoms with van der Waals surface area (Å²) in [7, 11) is 0. The average molecular weight is 287 g/mol. The number of hydrogen-bond acceptors (Lipinski definition) is 3. The standard InChI is InChI=1S/C14H25NO3S/c1-2-9-19-10-13(16)15-12-8-6-4-3-5-7-11(12)14(17)18/h11-12H,2-10H2,1H3,(H,15,16)(H,17,18). The molecule has 5 heteroatoms. The van der Waals surface area contributed by atoms with Gasteiger partial charge in [0.15, 0.2) is 0 Å². The Morgan fingerprint density at radius 1 is 1.21 bits per heavy atom. The fraction of sp³-hybridized carbons (Fsp3) is 0.857. The van der Waals surface area contributed by atoms with E-state index in [1.54, 1.807) is 11.8 Å². The Morgan fingerprint density at radius 3 is 2.53 bits per heavy atom. The molecule has 0 aromatic carbocycles. The Kier molecular flexibility index (Phi) is 7.94. The highest BCUT2D eigenvalue weighted by Crippen LogP contribution is 2.23. The monoisotopic (exact) mass is 287 g/mol. The van der Waals surface area contributed by atoms with Gasteiger partial charge in [-0.2, -0.15) is 11.8 Å². The number of nitrogens with one attached hydrogen (secondary N) is 1. The molecule has 1 aliphatic carbocycles. The van der Waals surface area contributed by atoms with E-state index in [2.05, 4.69) is 12.2 Å². The first-order valence-corrected chi connectivity index (χ1v) is 8.40. The number of aliphatic carboxylic acids is 1. The number of amides is 1. The van der Waals surface area contributed by atoms with Crippen LogP contribution in [0.5, 0.6) is 0 Å². The molecule has 2 N–H and O–H groups in total. The van der Waals surface area contributed by atoms with Gasteiger partial charge in [0.1, 0.15) is 0 Å². The highest BCUT2D eigenvalue weighted by molar-refractivity contribution is 7.99. The van der Waals surface area contributed by atoms with Crippen LogP contribution in [0.15, 0.2) is 0 Å². The van der Waals surface area contributed by atoms with E-state index < -0.39 is 11.9 Å². The third-order valence-corrected chi connectivity index (χ3v) is 4.67. The molecule has 0 spiro atoms. The second kappa shape index (κ2) is 9.23. The van der Waals surface area contributed by atoms with E-state index in [9.17, 15) is 14.7 Å². The molecule has 2 atom stereocenters. The van der Waals surface area contributed by atoms with Gasteiger partial charge in [-0.1, -0.05) is 32.6 Å². The minimum absolute atomic E-state index is 0.0183. The molecular formula is C14H25NO3S. The van der Waals surface area contributed by atoms with Crippen LogP contribution in [-0.4, -0.2) is 34.5 Å². The molecule has 1 amide bonds. The lowest BCUT2D eigenvalue weighted by Gasteiger charge is -2.27. The molecule has 19 heavy (non-hydrogen) atoms. The quantitative estimate of drug-likeness (QED) is 0.737. The van der Waals surface area contributed by atoms with Crippen LogP contribution in [0.1, 0.15) is 51.9 Å². The van der Waals surface area contributed by atoms with Crippen LogP contribution in [0.3, 0.4) is 0 Å². The van der Waals surface area contributed by atoms with Crippen molar-refractivity contribution in [1.82, 2.24) is 5.32 Å². The zero-order valence-corrected chi connectivity index (χ0v) is 12.5. The first kappa shape index (κ1) is 16.3. The topological polar surface area (TPSA) is 66.4 Å². The summed E-state index contributed by atoms with van der Waals surface area (Å²) < 4.78 is 0. The van der Waals surface area contributed by atoms with Crippen LogP contribution < -0.4 is 5.32 Å². The van der Waals surface area contributed by atoms with Crippen LogP contribution >= 0.6 is 11.8 Å². The SMILES string of the molecule is CCCSCC(=O)NC1CCCCCCC1C(=O)O. The number of carboxylic acids is 1. The molecule has 1 fully saturated rings. The number of carbonyl (C=O) groups excluding carboxylic acids is 1. The van der Waals surface area contributed by atoms with Gasteiger partial charge < -0.3 is 10.4 Å². The third kappa shape index (κ3) is 6.32. The molecule has 0 aromatic heterocycles. The fourth-order valence-electron chi connectivity index (χ4n) is 2.51. The van der Waals surface area contributed by atoms with E-state index >= 15 is 0 Å². The third-order valence-electron chi connectivity index (χ3n) is 3.51.